The van der Waals surface area contributed by atoms with Crippen LogP contribution in [0.1, 0.15) is 21.8 Å². The second kappa shape index (κ2) is 4.49. The molecule has 0 aliphatic heterocycles. The van der Waals surface area contributed by atoms with E-state index in [1.165, 1.54) is 6.07 Å². The molecule has 102 valence electrons. The Bertz CT molecular complexity index is 832. The molecule has 0 amide bonds. The Morgan fingerprint density at radius 2 is 2.10 bits per heavy atom. The fraction of sp³-hybridized carbons (Fsp3) is 0.143. The SMILES string of the molecule is Cc1cc(-n2nc(C)c3cc(C(=O)O)oc32)ccc1Br. The Hall–Kier alpha value is -2.08. The van der Waals surface area contributed by atoms with Crippen LogP contribution in [0.4, 0.5) is 0 Å². The molecule has 0 bridgehead atoms. The van der Waals surface area contributed by atoms with E-state index >= 15 is 0 Å². The number of hydrogen-bond acceptors (Lipinski definition) is 3. The molecular formula is C14H11BrN2O3. The molecule has 3 aromatic rings. The van der Waals surface area contributed by atoms with Crippen molar-refractivity contribution in [3.8, 4) is 5.69 Å². The van der Waals surface area contributed by atoms with E-state index in [-0.39, 0.29) is 5.76 Å². The van der Waals surface area contributed by atoms with Gasteiger partial charge in [0.25, 0.3) is 0 Å². The molecule has 3 rings (SSSR count). The van der Waals surface area contributed by atoms with Crippen LogP contribution in [0.25, 0.3) is 16.8 Å². The van der Waals surface area contributed by atoms with E-state index in [1.54, 1.807) is 4.68 Å². The van der Waals surface area contributed by atoms with Gasteiger partial charge in [0.05, 0.1) is 16.8 Å². The maximum absolute atomic E-state index is 11.0. The highest BCUT2D eigenvalue weighted by molar-refractivity contribution is 9.10. The van der Waals surface area contributed by atoms with Crippen LogP contribution in [0, 0.1) is 13.8 Å². The molecule has 0 saturated heterocycles. The molecule has 0 aliphatic rings. The van der Waals surface area contributed by atoms with Gasteiger partial charge >= 0.3 is 5.97 Å². The Morgan fingerprint density at radius 1 is 1.35 bits per heavy atom. The Morgan fingerprint density at radius 3 is 2.75 bits per heavy atom. The zero-order chi connectivity index (χ0) is 14.4. The number of rotatable bonds is 2. The van der Waals surface area contributed by atoms with Crippen LogP contribution in [0.15, 0.2) is 33.2 Å². The molecular weight excluding hydrogens is 324 g/mol. The predicted octanol–water partition coefficient (Wildman–Crippen LogP) is 3.70. The molecule has 1 aromatic carbocycles. The lowest BCUT2D eigenvalue weighted by atomic mass is 10.2. The zero-order valence-electron chi connectivity index (χ0n) is 10.8. The van der Waals surface area contributed by atoms with Gasteiger partial charge in [-0.2, -0.15) is 9.78 Å². The number of carbonyl (C=O) groups is 1. The molecule has 1 N–H and O–H groups in total. The number of nitrogens with zero attached hydrogens (tertiary/aromatic N) is 2. The number of aryl methyl sites for hydroxylation is 2. The van der Waals surface area contributed by atoms with Gasteiger partial charge in [-0.15, -0.1) is 0 Å². The van der Waals surface area contributed by atoms with Crippen molar-refractivity contribution in [1.82, 2.24) is 9.78 Å². The van der Waals surface area contributed by atoms with E-state index in [4.69, 9.17) is 9.52 Å². The predicted molar refractivity (Wildman–Crippen MR) is 77.5 cm³/mol. The quantitative estimate of drug-likeness (QED) is 0.775. The van der Waals surface area contributed by atoms with Gasteiger partial charge in [-0.25, -0.2) is 4.79 Å². The zero-order valence-corrected chi connectivity index (χ0v) is 12.4. The first-order valence-electron chi connectivity index (χ1n) is 5.96. The summed E-state index contributed by atoms with van der Waals surface area (Å²) < 4.78 is 8.02. The molecule has 0 aliphatic carbocycles. The summed E-state index contributed by atoms with van der Waals surface area (Å²) in [6.07, 6.45) is 0. The minimum absolute atomic E-state index is 0.0805. The van der Waals surface area contributed by atoms with Crippen molar-refractivity contribution in [3.63, 3.8) is 0 Å². The number of halogens is 1. The number of furan rings is 1. The second-order valence-electron chi connectivity index (χ2n) is 4.57. The highest BCUT2D eigenvalue weighted by Gasteiger charge is 2.18. The van der Waals surface area contributed by atoms with Crippen LogP contribution in [0.2, 0.25) is 0 Å². The first kappa shape index (κ1) is 12.9. The van der Waals surface area contributed by atoms with Crippen molar-refractivity contribution in [2.24, 2.45) is 0 Å². The first-order valence-corrected chi connectivity index (χ1v) is 6.75. The molecule has 0 saturated carbocycles. The number of carboxylic acid groups (broad SMARTS) is 1. The van der Waals surface area contributed by atoms with Gasteiger partial charge in [0.2, 0.25) is 11.5 Å². The summed E-state index contributed by atoms with van der Waals surface area (Å²) in [5, 5.41) is 14.1. The minimum Gasteiger partial charge on any atom is -0.475 e. The van der Waals surface area contributed by atoms with Gasteiger partial charge in [0.1, 0.15) is 0 Å². The smallest absolute Gasteiger partial charge is 0.371 e. The summed E-state index contributed by atoms with van der Waals surface area (Å²) in [6.45, 7) is 3.80. The van der Waals surface area contributed by atoms with Crippen molar-refractivity contribution in [2.75, 3.05) is 0 Å². The number of aromatic carboxylic acids is 1. The topological polar surface area (TPSA) is 68.3 Å². The Labute approximate surface area is 122 Å². The molecule has 0 spiro atoms. The number of aromatic nitrogens is 2. The van der Waals surface area contributed by atoms with Crippen LogP contribution in [-0.4, -0.2) is 20.9 Å². The molecule has 0 fully saturated rings. The highest BCUT2D eigenvalue weighted by atomic mass is 79.9. The first-order chi connectivity index (χ1) is 9.47. The largest absolute Gasteiger partial charge is 0.475 e. The summed E-state index contributed by atoms with van der Waals surface area (Å²) >= 11 is 3.45. The fourth-order valence-corrected chi connectivity index (χ4v) is 2.33. The lowest BCUT2D eigenvalue weighted by Crippen LogP contribution is -1.98. The molecule has 5 nitrogen and oxygen atoms in total. The van der Waals surface area contributed by atoms with E-state index < -0.39 is 5.97 Å². The maximum atomic E-state index is 11.0. The van der Waals surface area contributed by atoms with Crippen LogP contribution in [0.5, 0.6) is 0 Å². The van der Waals surface area contributed by atoms with E-state index in [1.807, 2.05) is 32.0 Å². The normalized spacial score (nSPS) is 11.2. The van der Waals surface area contributed by atoms with Gasteiger partial charge in [-0.3, -0.25) is 0 Å². The van der Waals surface area contributed by atoms with Crippen LogP contribution in [-0.2, 0) is 0 Å². The average Bonchev–Trinajstić information content (AvgIpc) is 2.94. The van der Waals surface area contributed by atoms with Crippen molar-refractivity contribution in [2.45, 2.75) is 13.8 Å². The second-order valence-corrected chi connectivity index (χ2v) is 5.42. The van der Waals surface area contributed by atoms with Gasteiger partial charge in [0, 0.05) is 10.5 Å². The summed E-state index contributed by atoms with van der Waals surface area (Å²) in [6, 6.07) is 7.28. The van der Waals surface area contributed by atoms with E-state index in [9.17, 15) is 4.79 Å². The molecule has 0 atom stereocenters. The minimum atomic E-state index is -1.08. The van der Waals surface area contributed by atoms with Gasteiger partial charge < -0.3 is 9.52 Å². The summed E-state index contributed by atoms with van der Waals surface area (Å²) in [5.74, 6) is -1.16. The summed E-state index contributed by atoms with van der Waals surface area (Å²) in [7, 11) is 0. The van der Waals surface area contributed by atoms with Crippen molar-refractivity contribution in [3.05, 3.63) is 45.8 Å². The standard InChI is InChI=1S/C14H11BrN2O3/c1-7-5-9(3-4-11(7)15)17-13-10(8(2)16-17)6-12(20-13)14(18)19/h3-6H,1-2H3,(H,18,19). The molecule has 0 radical (unpaired) electrons. The monoisotopic (exact) mass is 334 g/mol. The number of fused-ring (bicyclic) bond motifs is 1. The van der Waals surface area contributed by atoms with E-state index in [2.05, 4.69) is 21.0 Å². The molecule has 2 aromatic heterocycles. The molecule has 2 heterocycles. The lowest BCUT2D eigenvalue weighted by molar-refractivity contribution is 0.0664. The van der Waals surface area contributed by atoms with Crippen molar-refractivity contribution < 1.29 is 14.3 Å². The summed E-state index contributed by atoms with van der Waals surface area (Å²) in [5.41, 5.74) is 3.07. The van der Waals surface area contributed by atoms with Gasteiger partial charge in [-0.05, 0) is 37.6 Å². The van der Waals surface area contributed by atoms with Crippen molar-refractivity contribution in [1.29, 1.82) is 0 Å². The third-order valence-electron chi connectivity index (χ3n) is 3.14. The number of carboxylic acids is 1. The molecule has 6 heteroatoms. The number of hydrogen-bond donors (Lipinski definition) is 1. The summed E-state index contributed by atoms with van der Waals surface area (Å²) in [4.78, 5) is 11.0. The van der Waals surface area contributed by atoms with Crippen LogP contribution < -0.4 is 0 Å². The third kappa shape index (κ3) is 1.92. The Balaban J connectivity index is 2.24. The lowest BCUT2D eigenvalue weighted by Gasteiger charge is -2.04. The van der Waals surface area contributed by atoms with E-state index in [0.717, 1.165) is 21.4 Å². The van der Waals surface area contributed by atoms with Crippen LogP contribution in [0.3, 0.4) is 0 Å². The molecule has 0 unspecified atom stereocenters. The number of benzene rings is 1. The Kier molecular flexibility index (Phi) is 2.90. The average molecular weight is 335 g/mol. The van der Waals surface area contributed by atoms with Crippen LogP contribution >= 0.6 is 15.9 Å². The molecule has 20 heavy (non-hydrogen) atoms. The van der Waals surface area contributed by atoms with E-state index in [0.29, 0.717) is 11.1 Å². The van der Waals surface area contributed by atoms with Gasteiger partial charge in [-0.1, -0.05) is 15.9 Å². The third-order valence-corrected chi connectivity index (χ3v) is 4.03. The fourth-order valence-electron chi connectivity index (χ4n) is 2.09. The maximum Gasteiger partial charge on any atom is 0.371 e. The highest BCUT2D eigenvalue weighted by Crippen LogP contribution is 2.27. The van der Waals surface area contributed by atoms with Gasteiger partial charge in [0.15, 0.2) is 0 Å². The van der Waals surface area contributed by atoms with Crippen molar-refractivity contribution >= 4 is 33.0 Å².